The summed E-state index contributed by atoms with van der Waals surface area (Å²) in [5.41, 5.74) is -2.72. The van der Waals surface area contributed by atoms with Crippen molar-refractivity contribution >= 4 is 0 Å². The SMILES string of the molecule is CCC(C)(C(F)(F)F)C(F)(F)F.CCC(C)(C)C.CCC(C)C(F)F.CCC(F)(F)C(C)C.CCCC(C)(C)C.CCCC(C)C.CCCC(C)C(F)(F)F.CCCC(C)C(F)F.CCCC(C)CF.[2H]C([2H])(C)C(C)(C)C.[2H]C([2H])(C)CC(C)C(F)(F)F. The molecule has 5 unspecified atom stereocenters. The van der Waals surface area contributed by atoms with Crippen LogP contribution in [0.4, 0.5) is 83.4 Å². The van der Waals surface area contributed by atoms with Gasteiger partial charge in [0, 0.05) is 29.7 Å². The molecule has 0 aliphatic rings. The molecule has 0 rings (SSSR count). The Bertz CT molecular complexity index is 1430. The molecule has 0 aliphatic heterocycles. The zero-order chi connectivity index (χ0) is 75.0. The van der Waals surface area contributed by atoms with Gasteiger partial charge in [-0.25, -0.2) is 26.3 Å². The highest BCUT2D eigenvalue weighted by Gasteiger charge is 2.66. The van der Waals surface area contributed by atoms with Gasteiger partial charge in [-0.1, -0.05) is 258 Å². The van der Waals surface area contributed by atoms with Crippen molar-refractivity contribution in [2.24, 2.45) is 63.1 Å². The minimum Gasteiger partial charge on any atom is -0.251 e. The van der Waals surface area contributed by atoms with E-state index < -0.39 is 104 Å². The van der Waals surface area contributed by atoms with Gasteiger partial charge in [0.05, 0.1) is 18.5 Å². The predicted molar refractivity (Wildman–Crippen MR) is 330 cm³/mol. The van der Waals surface area contributed by atoms with E-state index in [-0.39, 0.29) is 37.8 Å². The molecule has 0 spiro atoms. The first-order chi connectivity index (χ1) is 39.0. The van der Waals surface area contributed by atoms with Crippen LogP contribution in [0.1, 0.15) is 322 Å². The molecule has 0 nitrogen and oxygen atoms in total. The summed E-state index contributed by atoms with van der Waals surface area (Å²) in [7, 11) is 0. The second-order valence-corrected chi connectivity index (χ2v) is 26.0. The van der Waals surface area contributed by atoms with Gasteiger partial charge in [0.2, 0.25) is 18.8 Å². The molecule has 0 saturated heterocycles. The third-order valence-corrected chi connectivity index (χ3v) is 12.6. The minimum atomic E-state index is -5.24. The molecule has 0 saturated carbocycles. The van der Waals surface area contributed by atoms with Crippen LogP contribution in [0, 0.1) is 63.1 Å². The fourth-order valence-corrected chi connectivity index (χ4v) is 4.65. The highest BCUT2D eigenvalue weighted by Crippen LogP contribution is 2.52. The smallest absolute Gasteiger partial charge is 0.251 e. The number of hydrogen-bond donors (Lipinski definition) is 0. The van der Waals surface area contributed by atoms with Gasteiger partial charge in [0.15, 0.2) is 5.41 Å². The molecule has 0 bridgehead atoms. The monoisotopic (exact) mass is 1290 g/mol. The Hall–Kier alpha value is -1.33. The molecule has 5 atom stereocenters. The average Bonchev–Trinajstić information content (AvgIpc) is 3.32. The average molecular weight is 1290 g/mol. The predicted octanol–water partition coefficient (Wildman–Crippen LogP) is 29.7. The molecule has 0 N–H and O–H groups in total. The Morgan fingerprint density at radius 3 is 0.741 bits per heavy atom. The second kappa shape index (κ2) is 57.8. The highest BCUT2D eigenvalue weighted by atomic mass is 19.4. The zero-order valence-corrected chi connectivity index (χ0v) is 59.2. The summed E-state index contributed by atoms with van der Waals surface area (Å²) in [6.45, 7) is 53.3. The largest absolute Gasteiger partial charge is 0.402 e. The Balaban J connectivity index is -0.0000000841. The summed E-state index contributed by atoms with van der Waals surface area (Å²) >= 11 is 0. The third-order valence-electron chi connectivity index (χ3n) is 12.6. The standard InChI is InChI=1S/C7H16.C6H8F6.2C6H11F3.2C6H12F2.C6H13F.3C6H14.C5H10F2/c1-5-6-7(2,3)4;1-3-4(2,5(7,8)9)6(10,11)12;2*1-3-4-5(2)6(7,8)9;1-4-6(7,8)5(2)3;1-3-4-5(2)6(7)8;1-3-4-6(2)5-7;2*1-5-6(2,3)4;1-4-5-6(2)3;1-3-4(2)5(6)7/h5-6H2,1-4H3;3H2,1-2H3;2*5H,3-4H2,1-2H3;5H,4H2,1-3H3;5-6H,3-4H2,1-2H3;6H,3-5H2,1-2H3;2*5H2,1-4H3;6H,4-5H2,1-3H3;4-5H,3H2,1-2H3/i;;3D2;;;;;5D2;;;. The first-order valence-corrected chi connectivity index (χ1v) is 30.8. The van der Waals surface area contributed by atoms with E-state index in [9.17, 15) is 83.4 Å². The van der Waals surface area contributed by atoms with Crippen LogP contribution < -0.4 is 0 Å². The van der Waals surface area contributed by atoms with Gasteiger partial charge in [0.1, 0.15) is 0 Å². The topological polar surface area (TPSA) is 0 Å². The molecule has 85 heavy (non-hydrogen) atoms. The van der Waals surface area contributed by atoms with Crippen LogP contribution in [0.2, 0.25) is 0 Å². The van der Waals surface area contributed by atoms with Crippen LogP contribution in [0.3, 0.4) is 0 Å². The molecule has 0 fully saturated rings. The fraction of sp³-hybridized carbons (Fsp3) is 1.00. The maximum atomic E-state index is 12.3. The lowest BCUT2D eigenvalue weighted by Gasteiger charge is -2.32. The van der Waals surface area contributed by atoms with Crippen molar-refractivity contribution in [2.45, 2.75) is 360 Å². The van der Waals surface area contributed by atoms with E-state index in [1.807, 2.05) is 34.6 Å². The van der Waals surface area contributed by atoms with E-state index in [1.54, 1.807) is 34.6 Å². The zero-order valence-electron chi connectivity index (χ0n) is 63.2. The normalized spacial score (nSPS) is 14.8. The molecular weight excluding hydrogens is 1150 g/mol. The van der Waals surface area contributed by atoms with E-state index >= 15 is 0 Å². The molecule has 19 heteroatoms. The van der Waals surface area contributed by atoms with E-state index in [2.05, 4.69) is 83.1 Å². The van der Waals surface area contributed by atoms with E-state index in [0.717, 1.165) is 46.0 Å². The quantitative estimate of drug-likeness (QED) is 0.120. The van der Waals surface area contributed by atoms with E-state index in [0.29, 0.717) is 30.1 Å². The lowest BCUT2D eigenvalue weighted by molar-refractivity contribution is -0.335. The number of rotatable bonds is 18. The maximum Gasteiger partial charge on any atom is 0.402 e. The molecule has 0 heterocycles. The summed E-state index contributed by atoms with van der Waals surface area (Å²) in [5.74, 6) is -5.35. The van der Waals surface area contributed by atoms with Gasteiger partial charge in [-0.15, -0.1) is 0 Å². The molecular formula is C66H135F19. The number of hydrogen-bond acceptors (Lipinski definition) is 0. The van der Waals surface area contributed by atoms with Crippen LogP contribution in [0.15, 0.2) is 0 Å². The van der Waals surface area contributed by atoms with Crippen molar-refractivity contribution in [1.29, 1.82) is 0 Å². The number of halogens is 19. The fourth-order valence-electron chi connectivity index (χ4n) is 4.65. The molecule has 532 valence electrons. The van der Waals surface area contributed by atoms with Crippen molar-refractivity contribution in [2.75, 3.05) is 6.67 Å². The summed E-state index contributed by atoms with van der Waals surface area (Å²) in [6, 6.07) is 0. The second-order valence-electron chi connectivity index (χ2n) is 26.0. The van der Waals surface area contributed by atoms with Gasteiger partial charge in [0.25, 0.3) is 0 Å². The van der Waals surface area contributed by atoms with Gasteiger partial charge in [-0.2, -0.15) is 52.7 Å². The van der Waals surface area contributed by atoms with Crippen molar-refractivity contribution in [1.82, 2.24) is 0 Å². The molecule has 0 aliphatic carbocycles. The summed E-state index contributed by atoms with van der Waals surface area (Å²) < 4.78 is 252. The lowest BCUT2D eigenvalue weighted by Crippen LogP contribution is -2.47. The molecule has 0 amide bonds. The Labute approximate surface area is 517 Å². The van der Waals surface area contributed by atoms with Gasteiger partial charge < -0.3 is 0 Å². The van der Waals surface area contributed by atoms with Gasteiger partial charge >= 0.3 is 24.7 Å². The Kier molecular flexibility index (Phi) is 66.2. The highest BCUT2D eigenvalue weighted by molar-refractivity contribution is 4.87. The van der Waals surface area contributed by atoms with Gasteiger partial charge in [-0.3, -0.25) is 4.39 Å². The van der Waals surface area contributed by atoms with Crippen LogP contribution >= 0.6 is 0 Å². The minimum absolute atomic E-state index is 0.0509. The maximum absolute atomic E-state index is 12.3. The first-order valence-electron chi connectivity index (χ1n) is 32.8. The molecule has 0 aromatic heterocycles. The van der Waals surface area contributed by atoms with Crippen LogP contribution in [-0.4, -0.2) is 50.2 Å². The van der Waals surface area contributed by atoms with Crippen molar-refractivity contribution in [3.05, 3.63) is 0 Å². The number of alkyl halides is 19. The van der Waals surface area contributed by atoms with Crippen LogP contribution in [0.25, 0.3) is 0 Å². The van der Waals surface area contributed by atoms with Gasteiger partial charge in [-0.05, 0) is 80.0 Å². The van der Waals surface area contributed by atoms with Crippen LogP contribution in [-0.2, 0) is 0 Å². The first kappa shape index (κ1) is 97.3. The Morgan fingerprint density at radius 2 is 0.694 bits per heavy atom. The summed E-state index contributed by atoms with van der Waals surface area (Å²) in [4.78, 5) is 0. The van der Waals surface area contributed by atoms with Crippen molar-refractivity contribution in [3.8, 4) is 0 Å². The van der Waals surface area contributed by atoms with E-state index in [4.69, 9.17) is 5.48 Å². The molecule has 0 radical (unpaired) electrons. The lowest BCUT2D eigenvalue weighted by atomic mass is 9.86. The third kappa shape index (κ3) is 89.2. The van der Waals surface area contributed by atoms with Crippen molar-refractivity contribution in [3.63, 3.8) is 0 Å². The molecule has 0 aromatic carbocycles. The summed E-state index contributed by atoms with van der Waals surface area (Å²) in [6.07, 6.45) is -15.7. The summed E-state index contributed by atoms with van der Waals surface area (Å²) in [5, 5.41) is 0. The van der Waals surface area contributed by atoms with E-state index in [1.165, 1.54) is 59.8 Å². The van der Waals surface area contributed by atoms with Crippen molar-refractivity contribution < 1.29 is 88.9 Å². The van der Waals surface area contributed by atoms with Crippen LogP contribution in [0.5, 0.6) is 0 Å². The molecule has 0 aromatic rings. The Morgan fingerprint density at radius 1 is 0.376 bits per heavy atom.